The Kier molecular flexibility index (Phi) is 4.23. The first-order valence-corrected chi connectivity index (χ1v) is 7.52. The van der Waals surface area contributed by atoms with Gasteiger partial charge < -0.3 is 5.32 Å². The predicted octanol–water partition coefficient (Wildman–Crippen LogP) is 2.88. The number of thiophene rings is 1. The van der Waals surface area contributed by atoms with Crippen LogP contribution in [0.15, 0.2) is 12.1 Å². The monoisotopic (exact) mass is 252 g/mol. The van der Waals surface area contributed by atoms with Gasteiger partial charge in [-0.1, -0.05) is 13.8 Å². The summed E-state index contributed by atoms with van der Waals surface area (Å²) in [6.45, 7) is 11.4. The summed E-state index contributed by atoms with van der Waals surface area (Å²) in [6, 6.07) is 4.58. The average Bonchev–Trinajstić information content (AvgIpc) is 2.77. The molecule has 1 aromatic rings. The van der Waals surface area contributed by atoms with Gasteiger partial charge in [0.2, 0.25) is 0 Å². The molecule has 96 valence electrons. The van der Waals surface area contributed by atoms with E-state index in [0.29, 0.717) is 5.54 Å². The second-order valence-electron chi connectivity index (χ2n) is 5.27. The Morgan fingerprint density at radius 1 is 1.35 bits per heavy atom. The maximum absolute atomic E-state index is 3.64. The fourth-order valence-electron chi connectivity index (χ4n) is 2.43. The van der Waals surface area contributed by atoms with Crippen LogP contribution in [0.5, 0.6) is 0 Å². The van der Waals surface area contributed by atoms with Crippen molar-refractivity contribution in [3.05, 3.63) is 21.9 Å². The third-order valence-electron chi connectivity index (χ3n) is 3.78. The SMILES string of the molecule is CCc1ccc(CN2CCNC(C)(CC)C2)s1. The first-order chi connectivity index (χ1) is 8.15. The maximum Gasteiger partial charge on any atom is 0.0329 e. The van der Waals surface area contributed by atoms with Crippen LogP contribution in [-0.2, 0) is 13.0 Å². The molecule has 0 amide bonds. The van der Waals surface area contributed by atoms with E-state index in [1.165, 1.54) is 35.7 Å². The summed E-state index contributed by atoms with van der Waals surface area (Å²) in [4.78, 5) is 5.61. The van der Waals surface area contributed by atoms with Crippen LogP contribution in [0.25, 0.3) is 0 Å². The molecule has 2 heterocycles. The highest BCUT2D eigenvalue weighted by atomic mass is 32.1. The molecule has 1 N–H and O–H groups in total. The van der Waals surface area contributed by atoms with Crippen LogP contribution < -0.4 is 5.32 Å². The molecule has 2 nitrogen and oxygen atoms in total. The largest absolute Gasteiger partial charge is 0.309 e. The standard InChI is InChI=1S/C14H24N2S/c1-4-12-6-7-13(17-12)10-16-9-8-15-14(3,5-2)11-16/h6-7,15H,4-5,8-11H2,1-3H3. The quantitative estimate of drug-likeness (QED) is 0.886. The number of hydrogen-bond donors (Lipinski definition) is 1. The van der Waals surface area contributed by atoms with E-state index in [-0.39, 0.29) is 0 Å². The van der Waals surface area contributed by atoms with Crippen molar-refractivity contribution in [3.8, 4) is 0 Å². The molecule has 1 fully saturated rings. The first kappa shape index (κ1) is 13.1. The Morgan fingerprint density at radius 2 is 2.12 bits per heavy atom. The Balaban J connectivity index is 1.94. The normalized spacial score (nSPS) is 26.3. The Hall–Kier alpha value is -0.380. The summed E-state index contributed by atoms with van der Waals surface area (Å²) >= 11 is 1.97. The molecular weight excluding hydrogens is 228 g/mol. The zero-order chi connectivity index (χ0) is 12.3. The van der Waals surface area contributed by atoms with Gasteiger partial charge >= 0.3 is 0 Å². The lowest BCUT2D eigenvalue weighted by Gasteiger charge is -2.41. The summed E-state index contributed by atoms with van der Waals surface area (Å²) in [5.41, 5.74) is 0.309. The van der Waals surface area contributed by atoms with Gasteiger partial charge in [0.25, 0.3) is 0 Å². The second kappa shape index (κ2) is 5.51. The zero-order valence-corrected chi connectivity index (χ0v) is 12.1. The molecule has 1 aliphatic heterocycles. The molecule has 0 bridgehead atoms. The van der Waals surface area contributed by atoms with E-state index in [0.717, 1.165) is 13.1 Å². The highest BCUT2D eigenvalue weighted by Crippen LogP contribution is 2.21. The summed E-state index contributed by atoms with van der Waals surface area (Å²) in [5, 5.41) is 3.64. The molecule has 17 heavy (non-hydrogen) atoms. The second-order valence-corrected chi connectivity index (χ2v) is 6.53. The summed E-state index contributed by atoms with van der Waals surface area (Å²) in [7, 11) is 0. The zero-order valence-electron chi connectivity index (χ0n) is 11.3. The molecule has 3 heteroatoms. The van der Waals surface area contributed by atoms with Crippen molar-refractivity contribution in [1.82, 2.24) is 10.2 Å². The maximum atomic E-state index is 3.64. The fraction of sp³-hybridized carbons (Fsp3) is 0.714. The minimum atomic E-state index is 0.309. The Labute approximate surface area is 109 Å². The number of piperazine rings is 1. The van der Waals surface area contributed by atoms with Crippen molar-refractivity contribution in [3.63, 3.8) is 0 Å². The topological polar surface area (TPSA) is 15.3 Å². The molecule has 0 saturated carbocycles. The van der Waals surface area contributed by atoms with Crippen LogP contribution >= 0.6 is 11.3 Å². The highest BCUT2D eigenvalue weighted by molar-refractivity contribution is 7.11. The number of nitrogens with one attached hydrogen (secondary N) is 1. The highest BCUT2D eigenvalue weighted by Gasteiger charge is 2.28. The van der Waals surface area contributed by atoms with E-state index >= 15 is 0 Å². The summed E-state index contributed by atoms with van der Waals surface area (Å²) in [6.07, 6.45) is 2.37. The van der Waals surface area contributed by atoms with Crippen molar-refractivity contribution in [2.24, 2.45) is 0 Å². The Bertz CT molecular complexity index is 361. The van der Waals surface area contributed by atoms with Crippen molar-refractivity contribution in [1.29, 1.82) is 0 Å². The van der Waals surface area contributed by atoms with Gasteiger partial charge in [0.15, 0.2) is 0 Å². The third kappa shape index (κ3) is 3.30. The van der Waals surface area contributed by atoms with Crippen LogP contribution in [-0.4, -0.2) is 30.1 Å². The molecule has 0 radical (unpaired) electrons. The van der Waals surface area contributed by atoms with Crippen LogP contribution in [0.2, 0.25) is 0 Å². The van der Waals surface area contributed by atoms with E-state index in [9.17, 15) is 0 Å². The molecule has 1 aromatic heterocycles. The minimum absolute atomic E-state index is 0.309. The summed E-state index contributed by atoms with van der Waals surface area (Å²) < 4.78 is 0. The number of aryl methyl sites for hydroxylation is 1. The fourth-order valence-corrected chi connectivity index (χ4v) is 3.43. The van der Waals surface area contributed by atoms with Gasteiger partial charge in [0, 0.05) is 41.5 Å². The van der Waals surface area contributed by atoms with E-state index < -0.39 is 0 Å². The minimum Gasteiger partial charge on any atom is -0.309 e. The van der Waals surface area contributed by atoms with E-state index in [1.54, 1.807) is 0 Å². The van der Waals surface area contributed by atoms with Crippen molar-refractivity contribution < 1.29 is 0 Å². The van der Waals surface area contributed by atoms with Gasteiger partial charge in [-0.3, -0.25) is 4.90 Å². The van der Waals surface area contributed by atoms with Gasteiger partial charge in [-0.2, -0.15) is 0 Å². The number of rotatable bonds is 4. The molecular formula is C14H24N2S. The predicted molar refractivity (Wildman–Crippen MR) is 75.7 cm³/mol. The Morgan fingerprint density at radius 3 is 2.76 bits per heavy atom. The molecule has 1 unspecified atom stereocenters. The van der Waals surface area contributed by atoms with Crippen LogP contribution in [0.1, 0.15) is 36.9 Å². The van der Waals surface area contributed by atoms with Crippen LogP contribution in [0.4, 0.5) is 0 Å². The molecule has 1 aliphatic rings. The first-order valence-electron chi connectivity index (χ1n) is 6.70. The van der Waals surface area contributed by atoms with Crippen molar-refractivity contribution in [2.75, 3.05) is 19.6 Å². The van der Waals surface area contributed by atoms with Crippen molar-refractivity contribution >= 4 is 11.3 Å². The van der Waals surface area contributed by atoms with Crippen LogP contribution in [0, 0.1) is 0 Å². The summed E-state index contributed by atoms with van der Waals surface area (Å²) in [5.74, 6) is 0. The van der Waals surface area contributed by atoms with E-state index in [1.807, 2.05) is 11.3 Å². The van der Waals surface area contributed by atoms with Crippen LogP contribution in [0.3, 0.4) is 0 Å². The van der Waals surface area contributed by atoms with E-state index in [2.05, 4.69) is 43.1 Å². The molecule has 1 saturated heterocycles. The molecule has 0 spiro atoms. The lowest BCUT2D eigenvalue weighted by atomic mass is 9.96. The molecule has 2 rings (SSSR count). The lowest BCUT2D eigenvalue weighted by molar-refractivity contribution is 0.134. The number of hydrogen-bond acceptors (Lipinski definition) is 3. The number of nitrogens with zero attached hydrogens (tertiary/aromatic N) is 1. The molecule has 0 aromatic carbocycles. The van der Waals surface area contributed by atoms with Gasteiger partial charge in [0.05, 0.1) is 0 Å². The lowest BCUT2D eigenvalue weighted by Crippen LogP contribution is -2.57. The molecule has 1 atom stereocenters. The third-order valence-corrected chi connectivity index (χ3v) is 4.99. The average molecular weight is 252 g/mol. The van der Waals surface area contributed by atoms with E-state index in [4.69, 9.17) is 0 Å². The van der Waals surface area contributed by atoms with Gasteiger partial charge in [-0.25, -0.2) is 0 Å². The molecule has 0 aliphatic carbocycles. The van der Waals surface area contributed by atoms with Gasteiger partial charge in [-0.15, -0.1) is 11.3 Å². The van der Waals surface area contributed by atoms with Gasteiger partial charge in [-0.05, 0) is 31.9 Å². The van der Waals surface area contributed by atoms with Crippen molar-refractivity contribution in [2.45, 2.75) is 45.7 Å². The smallest absolute Gasteiger partial charge is 0.0329 e. The van der Waals surface area contributed by atoms with Gasteiger partial charge in [0.1, 0.15) is 0 Å².